The molecule has 3 aromatic rings. The molecule has 5 heteroatoms. The molecule has 27 heavy (non-hydrogen) atoms. The average Bonchev–Trinajstić information content (AvgIpc) is 2.69. The molecule has 0 spiro atoms. The van der Waals surface area contributed by atoms with E-state index in [-0.39, 0.29) is 11.2 Å². The predicted octanol–water partition coefficient (Wildman–Crippen LogP) is 4.36. The van der Waals surface area contributed by atoms with Crippen LogP contribution in [0.4, 0.5) is 0 Å². The van der Waals surface area contributed by atoms with E-state index in [1.165, 1.54) is 13.2 Å². The van der Waals surface area contributed by atoms with Crippen LogP contribution in [-0.4, -0.2) is 19.0 Å². The van der Waals surface area contributed by atoms with E-state index in [0.29, 0.717) is 41.1 Å². The van der Waals surface area contributed by atoms with Crippen molar-refractivity contribution in [2.75, 3.05) is 7.11 Å². The Bertz CT molecular complexity index is 1040. The lowest BCUT2D eigenvalue weighted by atomic mass is 9.96. The van der Waals surface area contributed by atoms with Crippen molar-refractivity contribution in [3.63, 3.8) is 0 Å². The third-order valence-electron chi connectivity index (χ3n) is 4.82. The van der Waals surface area contributed by atoms with E-state index in [4.69, 9.17) is 13.9 Å². The molecule has 0 bridgehead atoms. The maximum atomic E-state index is 12.7. The molecule has 1 aromatic heterocycles. The molecule has 1 heterocycles. The Morgan fingerprint density at radius 2 is 1.85 bits per heavy atom. The van der Waals surface area contributed by atoms with Gasteiger partial charge in [0.15, 0.2) is 17.3 Å². The number of ketones is 1. The summed E-state index contributed by atoms with van der Waals surface area (Å²) in [5.41, 5.74) is 0.996. The highest BCUT2D eigenvalue weighted by atomic mass is 16.5. The molecule has 4 rings (SSSR count). The molecule has 1 unspecified atom stereocenters. The Labute approximate surface area is 156 Å². The van der Waals surface area contributed by atoms with Crippen LogP contribution in [0, 0.1) is 0 Å². The number of benzene rings is 2. The van der Waals surface area contributed by atoms with Gasteiger partial charge in [0.2, 0.25) is 0 Å². The van der Waals surface area contributed by atoms with Crippen LogP contribution < -0.4 is 14.9 Å². The minimum Gasteiger partial charge on any atom is -0.496 e. The Balaban J connectivity index is 1.80. The number of ether oxygens (including phenoxy) is 2. The van der Waals surface area contributed by atoms with Crippen LogP contribution in [0.3, 0.4) is 0 Å². The van der Waals surface area contributed by atoms with Crippen LogP contribution in [0.15, 0.2) is 57.7 Å². The Morgan fingerprint density at radius 3 is 2.59 bits per heavy atom. The largest absolute Gasteiger partial charge is 0.496 e. The van der Waals surface area contributed by atoms with E-state index in [1.807, 2.05) is 30.3 Å². The molecule has 0 N–H and O–H groups in total. The third kappa shape index (κ3) is 3.45. The molecule has 1 fully saturated rings. The zero-order valence-corrected chi connectivity index (χ0v) is 15.1. The minimum atomic E-state index is -0.454. The molecule has 5 nitrogen and oxygen atoms in total. The average molecular weight is 364 g/mol. The van der Waals surface area contributed by atoms with Crippen molar-refractivity contribution in [1.29, 1.82) is 0 Å². The third-order valence-corrected chi connectivity index (χ3v) is 4.82. The SMILES string of the molecule is COc1cc(OC2CCCCC2=O)cc2oc(-c3ccccc3)cc(=O)c12. The first-order valence-corrected chi connectivity index (χ1v) is 9.06. The molecule has 138 valence electrons. The summed E-state index contributed by atoms with van der Waals surface area (Å²) in [6.45, 7) is 0. The first kappa shape index (κ1) is 17.3. The van der Waals surface area contributed by atoms with Gasteiger partial charge in [-0.2, -0.15) is 0 Å². The minimum absolute atomic E-state index is 0.111. The van der Waals surface area contributed by atoms with E-state index in [1.54, 1.807) is 12.1 Å². The molecular weight excluding hydrogens is 344 g/mol. The lowest BCUT2D eigenvalue weighted by Crippen LogP contribution is -2.30. The first-order valence-electron chi connectivity index (χ1n) is 9.06. The molecule has 0 radical (unpaired) electrons. The van der Waals surface area contributed by atoms with E-state index in [9.17, 15) is 9.59 Å². The fraction of sp³-hybridized carbons (Fsp3) is 0.273. The topological polar surface area (TPSA) is 65.7 Å². The summed E-state index contributed by atoms with van der Waals surface area (Å²) in [7, 11) is 1.49. The van der Waals surface area contributed by atoms with Crippen molar-refractivity contribution in [2.24, 2.45) is 0 Å². The van der Waals surface area contributed by atoms with Crippen LogP contribution in [0.1, 0.15) is 25.7 Å². The van der Waals surface area contributed by atoms with Crippen molar-refractivity contribution in [2.45, 2.75) is 31.8 Å². The summed E-state index contributed by atoms with van der Waals surface area (Å²) in [6.07, 6.45) is 2.67. The summed E-state index contributed by atoms with van der Waals surface area (Å²) >= 11 is 0. The first-order chi connectivity index (χ1) is 13.2. The van der Waals surface area contributed by atoms with Crippen LogP contribution in [-0.2, 0) is 4.79 Å². The maximum Gasteiger partial charge on any atom is 0.197 e. The molecular formula is C22H20O5. The quantitative estimate of drug-likeness (QED) is 0.688. The van der Waals surface area contributed by atoms with Gasteiger partial charge in [-0.3, -0.25) is 9.59 Å². The highest BCUT2D eigenvalue weighted by molar-refractivity contribution is 5.87. The van der Waals surface area contributed by atoms with Gasteiger partial charge in [-0.25, -0.2) is 0 Å². The summed E-state index contributed by atoms with van der Waals surface area (Å²) in [5.74, 6) is 1.42. The summed E-state index contributed by atoms with van der Waals surface area (Å²) in [6, 6.07) is 14.2. The summed E-state index contributed by atoms with van der Waals surface area (Å²) in [4.78, 5) is 24.8. The highest BCUT2D eigenvalue weighted by Gasteiger charge is 2.24. The second kappa shape index (κ2) is 7.27. The van der Waals surface area contributed by atoms with E-state index >= 15 is 0 Å². The Morgan fingerprint density at radius 1 is 1.04 bits per heavy atom. The fourth-order valence-electron chi connectivity index (χ4n) is 3.44. The normalized spacial score (nSPS) is 17.1. The lowest BCUT2D eigenvalue weighted by molar-refractivity contribution is -0.127. The van der Waals surface area contributed by atoms with Crippen molar-refractivity contribution in [1.82, 2.24) is 0 Å². The van der Waals surface area contributed by atoms with Crippen molar-refractivity contribution >= 4 is 16.8 Å². The number of hydrogen-bond acceptors (Lipinski definition) is 5. The van der Waals surface area contributed by atoms with E-state index in [2.05, 4.69) is 0 Å². The number of carbonyl (C=O) groups is 1. The molecule has 1 atom stereocenters. The van der Waals surface area contributed by atoms with Gasteiger partial charge in [0.05, 0.1) is 7.11 Å². The number of rotatable bonds is 4. The number of hydrogen-bond donors (Lipinski definition) is 0. The van der Waals surface area contributed by atoms with Gasteiger partial charge in [-0.05, 0) is 19.3 Å². The lowest BCUT2D eigenvalue weighted by Gasteiger charge is -2.22. The molecule has 0 amide bonds. The molecule has 0 saturated heterocycles. The van der Waals surface area contributed by atoms with E-state index < -0.39 is 6.10 Å². The Kier molecular flexibility index (Phi) is 4.67. The van der Waals surface area contributed by atoms with Crippen molar-refractivity contribution in [3.8, 4) is 22.8 Å². The van der Waals surface area contributed by atoms with Gasteiger partial charge >= 0.3 is 0 Å². The fourth-order valence-corrected chi connectivity index (χ4v) is 3.44. The molecule has 1 aliphatic rings. The smallest absolute Gasteiger partial charge is 0.197 e. The zero-order chi connectivity index (χ0) is 18.8. The van der Waals surface area contributed by atoms with Gasteiger partial charge in [0, 0.05) is 30.2 Å². The molecule has 1 saturated carbocycles. The van der Waals surface area contributed by atoms with Crippen molar-refractivity contribution < 1.29 is 18.7 Å². The predicted molar refractivity (Wildman–Crippen MR) is 102 cm³/mol. The van der Waals surface area contributed by atoms with Gasteiger partial charge in [0.25, 0.3) is 0 Å². The summed E-state index contributed by atoms with van der Waals surface area (Å²) < 4.78 is 17.3. The number of carbonyl (C=O) groups excluding carboxylic acids is 1. The second-order valence-electron chi connectivity index (χ2n) is 6.66. The van der Waals surface area contributed by atoms with Gasteiger partial charge < -0.3 is 13.9 Å². The van der Waals surface area contributed by atoms with Crippen molar-refractivity contribution in [3.05, 3.63) is 58.8 Å². The van der Waals surface area contributed by atoms with Crippen LogP contribution in [0.25, 0.3) is 22.3 Å². The zero-order valence-electron chi connectivity index (χ0n) is 15.1. The number of fused-ring (bicyclic) bond motifs is 1. The van der Waals surface area contributed by atoms with Crippen LogP contribution in [0.2, 0.25) is 0 Å². The Hall–Kier alpha value is -3.08. The molecule has 1 aliphatic carbocycles. The number of Topliss-reactive ketones (excluding diaryl/α,β-unsaturated/α-hetero) is 1. The molecule has 0 aliphatic heterocycles. The van der Waals surface area contributed by atoms with Gasteiger partial charge in [0.1, 0.15) is 28.2 Å². The maximum absolute atomic E-state index is 12.7. The summed E-state index contributed by atoms with van der Waals surface area (Å²) in [5, 5.41) is 0.361. The molecule has 2 aromatic carbocycles. The number of methoxy groups -OCH3 is 1. The highest BCUT2D eigenvalue weighted by Crippen LogP contribution is 2.33. The van der Waals surface area contributed by atoms with E-state index in [0.717, 1.165) is 18.4 Å². The van der Waals surface area contributed by atoms with Gasteiger partial charge in [-0.1, -0.05) is 30.3 Å². The second-order valence-corrected chi connectivity index (χ2v) is 6.66. The van der Waals surface area contributed by atoms with Crippen LogP contribution >= 0.6 is 0 Å². The monoisotopic (exact) mass is 364 g/mol. The van der Waals surface area contributed by atoms with Crippen LogP contribution in [0.5, 0.6) is 11.5 Å². The van der Waals surface area contributed by atoms with Gasteiger partial charge in [-0.15, -0.1) is 0 Å². The standard InChI is InChI=1S/C22H20O5/c1-25-20-11-15(26-18-10-6-5-9-16(18)23)12-21-22(20)17(24)13-19(27-21)14-7-3-2-4-8-14/h2-4,7-8,11-13,18H,5-6,9-10H2,1H3.